The summed E-state index contributed by atoms with van der Waals surface area (Å²) in [5, 5.41) is 10.4. The highest BCUT2D eigenvalue weighted by atomic mass is 16.3. The minimum atomic E-state index is -0.375. The molecule has 0 bridgehead atoms. The van der Waals surface area contributed by atoms with Crippen LogP contribution in [0.3, 0.4) is 0 Å². The van der Waals surface area contributed by atoms with Crippen molar-refractivity contribution in [1.29, 1.82) is 0 Å². The van der Waals surface area contributed by atoms with Gasteiger partial charge in [-0.2, -0.15) is 0 Å². The van der Waals surface area contributed by atoms with Gasteiger partial charge in [0.2, 0.25) is 0 Å². The lowest BCUT2D eigenvalue weighted by atomic mass is 9.85. The van der Waals surface area contributed by atoms with Gasteiger partial charge in [-0.05, 0) is 37.7 Å². The first-order valence-corrected chi connectivity index (χ1v) is 7.46. The summed E-state index contributed by atoms with van der Waals surface area (Å²) in [4.78, 5) is 2.45. The summed E-state index contributed by atoms with van der Waals surface area (Å²) >= 11 is 0. The maximum Gasteiger partial charge on any atom is 0.0917 e. The van der Waals surface area contributed by atoms with E-state index < -0.39 is 0 Å². The van der Waals surface area contributed by atoms with Gasteiger partial charge in [0.05, 0.1) is 6.10 Å². The molecule has 1 aliphatic heterocycles. The van der Waals surface area contributed by atoms with E-state index in [1.807, 2.05) is 12.1 Å². The Morgan fingerprint density at radius 3 is 2.74 bits per heavy atom. The SMILES string of the molecule is Cc1cccc(C(O)CN2CC(C)CC(C)C2C)c1. The number of aliphatic hydroxyl groups excluding tert-OH is 1. The highest BCUT2D eigenvalue weighted by Crippen LogP contribution is 2.28. The van der Waals surface area contributed by atoms with E-state index in [9.17, 15) is 5.11 Å². The fraction of sp³-hybridized carbons (Fsp3) is 0.647. The van der Waals surface area contributed by atoms with Gasteiger partial charge < -0.3 is 5.11 Å². The molecule has 2 rings (SSSR count). The highest BCUT2D eigenvalue weighted by molar-refractivity contribution is 5.24. The fourth-order valence-corrected chi connectivity index (χ4v) is 3.28. The van der Waals surface area contributed by atoms with Gasteiger partial charge in [-0.3, -0.25) is 4.90 Å². The molecule has 0 amide bonds. The molecule has 0 radical (unpaired) electrons. The molecule has 0 spiro atoms. The Hall–Kier alpha value is -0.860. The molecule has 1 fully saturated rings. The number of aliphatic hydroxyl groups is 1. The van der Waals surface area contributed by atoms with E-state index in [0.717, 1.165) is 24.6 Å². The summed E-state index contributed by atoms with van der Waals surface area (Å²) in [5.41, 5.74) is 2.25. The third-order valence-electron chi connectivity index (χ3n) is 4.55. The molecule has 1 N–H and O–H groups in total. The molecule has 1 aliphatic rings. The van der Waals surface area contributed by atoms with Crippen molar-refractivity contribution < 1.29 is 5.11 Å². The van der Waals surface area contributed by atoms with Crippen LogP contribution in [0.2, 0.25) is 0 Å². The molecule has 19 heavy (non-hydrogen) atoms. The predicted molar refractivity (Wildman–Crippen MR) is 80.1 cm³/mol. The van der Waals surface area contributed by atoms with Crippen molar-refractivity contribution in [3.05, 3.63) is 35.4 Å². The van der Waals surface area contributed by atoms with E-state index >= 15 is 0 Å². The quantitative estimate of drug-likeness (QED) is 0.901. The van der Waals surface area contributed by atoms with E-state index in [2.05, 4.69) is 44.7 Å². The van der Waals surface area contributed by atoms with Crippen LogP contribution < -0.4 is 0 Å². The summed E-state index contributed by atoms with van der Waals surface area (Å²) in [6.07, 6.45) is 0.929. The molecule has 1 saturated heterocycles. The third-order valence-corrected chi connectivity index (χ3v) is 4.55. The molecule has 2 heteroatoms. The first kappa shape index (κ1) is 14.5. The number of hydrogen-bond donors (Lipinski definition) is 1. The van der Waals surface area contributed by atoms with E-state index in [0.29, 0.717) is 12.0 Å². The fourth-order valence-electron chi connectivity index (χ4n) is 3.28. The van der Waals surface area contributed by atoms with Crippen LogP contribution in [0, 0.1) is 18.8 Å². The van der Waals surface area contributed by atoms with Gasteiger partial charge in [0, 0.05) is 19.1 Å². The second kappa shape index (κ2) is 6.06. The van der Waals surface area contributed by atoms with Crippen LogP contribution in [0.25, 0.3) is 0 Å². The van der Waals surface area contributed by atoms with Crippen molar-refractivity contribution in [2.45, 2.75) is 46.3 Å². The molecular formula is C17H27NO. The second-order valence-corrected chi connectivity index (χ2v) is 6.44. The lowest BCUT2D eigenvalue weighted by molar-refractivity contribution is 0.0315. The molecule has 1 aromatic rings. The molecule has 0 aromatic heterocycles. The number of benzene rings is 1. The lowest BCUT2D eigenvalue weighted by Crippen LogP contribution is -2.47. The van der Waals surface area contributed by atoms with Crippen LogP contribution in [0.1, 0.15) is 44.4 Å². The average Bonchev–Trinajstić information content (AvgIpc) is 2.35. The van der Waals surface area contributed by atoms with Gasteiger partial charge in [0.25, 0.3) is 0 Å². The van der Waals surface area contributed by atoms with Gasteiger partial charge in [0.1, 0.15) is 0 Å². The Morgan fingerprint density at radius 2 is 2.05 bits per heavy atom. The first-order chi connectivity index (χ1) is 8.97. The van der Waals surface area contributed by atoms with Crippen LogP contribution in [-0.4, -0.2) is 29.1 Å². The van der Waals surface area contributed by atoms with E-state index in [1.165, 1.54) is 12.0 Å². The summed E-state index contributed by atoms with van der Waals surface area (Å²) in [6.45, 7) is 10.9. The van der Waals surface area contributed by atoms with Gasteiger partial charge in [-0.15, -0.1) is 0 Å². The molecule has 106 valence electrons. The van der Waals surface area contributed by atoms with Crippen LogP contribution in [0.5, 0.6) is 0 Å². The topological polar surface area (TPSA) is 23.5 Å². The summed E-state index contributed by atoms with van der Waals surface area (Å²) in [7, 11) is 0. The second-order valence-electron chi connectivity index (χ2n) is 6.44. The monoisotopic (exact) mass is 261 g/mol. The number of hydrogen-bond acceptors (Lipinski definition) is 2. The van der Waals surface area contributed by atoms with Crippen molar-refractivity contribution in [3.8, 4) is 0 Å². The van der Waals surface area contributed by atoms with E-state index in [4.69, 9.17) is 0 Å². The van der Waals surface area contributed by atoms with Crippen LogP contribution >= 0.6 is 0 Å². The number of likely N-dealkylation sites (tertiary alicyclic amines) is 1. The molecule has 0 aliphatic carbocycles. The Kier molecular flexibility index (Phi) is 4.64. The number of piperidine rings is 1. The predicted octanol–water partition coefficient (Wildman–Crippen LogP) is 3.39. The smallest absolute Gasteiger partial charge is 0.0917 e. The van der Waals surface area contributed by atoms with Gasteiger partial charge >= 0.3 is 0 Å². The average molecular weight is 261 g/mol. The third kappa shape index (κ3) is 3.58. The largest absolute Gasteiger partial charge is 0.387 e. The van der Waals surface area contributed by atoms with Crippen molar-refractivity contribution in [3.63, 3.8) is 0 Å². The number of β-amino-alcohol motifs (C(OH)–C–C–N with tert-alkyl or cyclic N) is 1. The molecule has 4 unspecified atom stereocenters. The Morgan fingerprint density at radius 1 is 1.32 bits per heavy atom. The van der Waals surface area contributed by atoms with Crippen LogP contribution in [0.15, 0.2) is 24.3 Å². The Labute approximate surface area is 117 Å². The minimum absolute atomic E-state index is 0.375. The molecule has 1 heterocycles. The molecular weight excluding hydrogens is 234 g/mol. The van der Waals surface area contributed by atoms with E-state index in [1.54, 1.807) is 0 Å². The standard InChI is InChI=1S/C17H27NO/c1-12-6-5-7-16(9-12)17(19)11-18-10-13(2)8-14(3)15(18)4/h5-7,9,13-15,17,19H,8,10-11H2,1-4H3. The molecule has 2 nitrogen and oxygen atoms in total. The highest BCUT2D eigenvalue weighted by Gasteiger charge is 2.29. The normalized spacial score (nSPS) is 30.3. The zero-order valence-corrected chi connectivity index (χ0v) is 12.6. The van der Waals surface area contributed by atoms with Gasteiger partial charge in [-0.1, -0.05) is 43.7 Å². The van der Waals surface area contributed by atoms with Crippen LogP contribution in [0.4, 0.5) is 0 Å². The Balaban J connectivity index is 2.03. The van der Waals surface area contributed by atoms with E-state index in [-0.39, 0.29) is 6.10 Å². The Bertz CT molecular complexity index is 417. The van der Waals surface area contributed by atoms with Gasteiger partial charge in [-0.25, -0.2) is 0 Å². The van der Waals surface area contributed by atoms with Crippen molar-refractivity contribution in [2.75, 3.05) is 13.1 Å². The first-order valence-electron chi connectivity index (χ1n) is 7.46. The molecule has 1 aromatic carbocycles. The summed E-state index contributed by atoms with van der Waals surface area (Å²) < 4.78 is 0. The van der Waals surface area contributed by atoms with Gasteiger partial charge in [0.15, 0.2) is 0 Å². The summed E-state index contributed by atoms with van der Waals surface area (Å²) in [6, 6.07) is 8.78. The maximum atomic E-state index is 10.4. The van der Waals surface area contributed by atoms with Crippen molar-refractivity contribution in [1.82, 2.24) is 4.90 Å². The van der Waals surface area contributed by atoms with Crippen molar-refractivity contribution in [2.24, 2.45) is 11.8 Å². The molecule has 0 saturated carbocycles. The minimum Gasteiger partial charge on any atom is -0.387 e. The van der Waals surface area contributed by atoms with Crippen LogP contribution in [-0.2, 0) is 0 Å². The number of rotatable bonds is 3. The number of aryl methyl sites for hydroxylation is 1. The zero-order valence-electron chi connectivity index (χ0n) is 12.6. The van der Waals surface area contributed by atoms with Crippen molar-refractivity contribution >= 4 is 0 Å². The summed E-state index contributed by atoms with van der Waals surface area (Å²) in [5.74, 6) is 1.45. The number of nitrogens with zero attached hydrogens (tertiary/aromatic N) is 1. The molecule has 4 atom stereocenters. The lowest BCUT2D eigenvalue weighted by Gasteiger charge is -2.42. The zero-order chi connectivity index (χ0) is 14.0. The maximum absolute atomic E-state index is 10.4.